The van der Waals surface area contributed by atoms with Crippen molar-refractivity contribution in [2.45, 2.75) is 25.5 Å². The van der Waals surface area contributed by atoms with Gasteiger partial charge in [0.15, 0.2) is 0 Å². The summed E-state index contributed by atoms with van der Waals surface area (Å²) in [6, 6.07) is 2.16. The summed E-state index contributed by atoms with van der Waals surface area (Å²) >= 11 is 0. The summed E-state index contributed by atoms with van der Waals surface area (Å²) in [5, 5.41) is 9.37. The van der Waals surface area contributed by atoms with Gasteiger partial charge in [-0.15, -0.1) is 0 Å². The first-order valence-corrected chi connectivity index (χ1v) is 5.25. The van der Waals surface area contributed by atoms with Crippen LogP contribution in [0.5, 0.6) is 0 Å². The monoisotopic (exact) mass is 194 g/mol. The van der Waals surface area contributed by atoms with Gasteiger partial charge >= 0.3 is 0 Å². The normalized spacial score (nSPS) is 20.1. The van der Waals surface area contributed by atoms with E-state index in [1.165, 1.54) is 5.56 Å². The second-order valence-electron chi connectivity index (χ2n) is 4.19. The van der Waals surface area contributed by atoms with Gasteiger partial charge in [-0.3, -0.25) is 4.90 Å². The first kappa shape index (κ1) is 9.74. The Kier molecular flexibility index (Phi) is 2.89. The number of likely N-dealkylation sites (tertiary alicyclic amines) is 1. The third-order valence-electron chi connectivity index (χ3n) is 2.86. The van der Waals surface area contributed by atoms with Gasteiger partial charge in [0.2, 0.25) is 0 Å². The molecule has 3 nitrogen and oxygen atoms in total. The molecule has 2 heterocycles. The van der Waals surface area contributed by atoms with E-state index in [9.17, 15) is 5.11 Å². The molecule has 0 aliphatic carbocycles. The summed E-state index contributed by atoms with van der Waals surface area (Å²) in [7, 11) is 2.05. The molecule has 1 saturated heterocycles. The zero-order valence-corrected chi connectivity index (χ0v) is 8.69. The molecule has 0 saturated carbocycles. The Balaban J connectivity index is 1.86. The first-order chi connectivity index (χ1) is 6.74. The highest BCUT2D eigenvalue weighted by Gasteiger charge is 2.16. The van der Waals surface area contributed by atoms with E-state index in [0.717, 1.165) is 32.5 Å². The van der Waals surface area contributed by atoms with Gasteiger partial charge < -0.3 is 9.67 Å². The maximum Gasteiger partial charge on any atom is 0.0564 e. The number of rotatable bonds is 2. The Hall–Kier alpha value is -0.800. The second-order valence-corrected chi connectivity index (χ2v) is 4.19. The summed E-state index contributed by atoms with van der Waals surface area (Å²) in [4.78, 5) is 2.40. The van der Waals surface area contributed by atoms with E-state index in [1.54, 1.807) is 0 Å². The van der Waals surface area contributed by atoms with Crippen molar-refractivity contribution >= 4 is 0 Å². The molecule has 0 aromatic carbocycles. The molecule has 2 rings (SSSR count). The minimum atomic E-state index is -0.0676. The predicted octanol–water partition coefficient (Wildman–Crippen LogP) is 0.982. The number of aliphatic hydroxyl groups excluding tert-OH is 1. The van der Waals surface area contributed by atoms with E-state index in [2.05, 4.69) is 27.9 Å². The summed E-state index contributed by atoms with van der Waals surface area (Å²) < 4.78 is 2.08. The standard InChI is InChI=1S/C11H18N2O/c1-12-5-2-10(8-12)9-13-6-3-11(14)4-7-13/h2,5,8,11,14H,3-4,6-7,9H2,1H3. The quantitative estimate of drug-likeness (QED) is 0.760. The average Bonchev–Trinajstić information content (AvgIpc) is 2.56. The Labute approximate surface area is 85.0 Å². The molecule has 14 heavy (non-hydrogen) atoms. The lowest BCUT2D eigenvalue weighted by molar-refractivity contribution is 0.0792. The SMILES string of the molecule is Cn1ccc(CN2CCC(O)CC2)c1. The van der Waals surface area contributed by atoms with Crippen LogP contribution >= 0.6 is 0 Å². The second kappa shape index (κ2) is 4.15. The molecule has 1 aliphatic heterocycles. The minimum Gasteiger partial charge on any atom is -0.393 e. The first-order valence-electron chi connectivity index (χ1n) is 5.25. The van der Waals surface area contributed by atoms with Crippen molar-refractivity contribution in [3.8, 4) is 0 Å². The number of aromatic nitrogens is 1. The number of hydrogen-bond donors (Lipinski definition) is 1. The molecule has 1 aromatic rings. The van der Waals surface area contributed by atoms with Gasteiger partial charge in [-0.1, -0.05) is 0 Å². The lowest BCUT2D eigenvalue weighted by atomic mass is 10.1. The molecular formula is C11H18N2O. The lowest BCUT2D eigenvalue weighted by Crippen LogP contribution is -2.35. The molecule has 0 unspecified atom stereocenters. The van der Waals surface area contributed by atoms with Crippen molar-refractivity contribution in [2.24, 2.45) is 7.05 Å². The van der Waals surface area contributed by atoms with Crippen LogP contribution in [0.15, 0.2) is 18.5 Å². The van der Waals surface area contributed by atoms with Gasteiger partial charge in [-0.05, 0) is 24.5 Å². The minimum absolute atomic E-state index is 0.0676. The van der Waals surface area contributed by atoms with Crippen molar-refractivity contribution in [3.05, 3.63) is 24.0 Å². The molecule has 1 aliphatic rings. The zero-order chi connectivity index (χ0) is 9.97. The highest BCUT2D eigenvalue weighted by Crippen LogP contribution is 2.13. The Morgan fingerprint density at radius 3 is 2.71 bits per heavy atom. The van der Waals surface area contributed by atoms with Crippen molar-refractivity contribution in [2.75, 3.05) is 13.1 Å². The predicted molar refractivity (Wildman–Crippen MR) is 55.9 cm³/mol. The zero-order valence-electron chi connectivity index (χ0n) is 8.69. The fraction of sp³-hybridized carbons (Fsp3) is 0.636. The fourth-order valence-corrected chi connectivity index (χ4v) is 1.99. The smallest absolute Gasteiger partial charge is 0.0564 e. The molecule has 1 N–H and O–H groups in total. The highest BCUT2D eigenvalue weighted by atomic mass is 16.3. The third-order valence-corrected chi connectivity index (χ3v) is 2.86. The van der Waals surface area contributed by atoms with Gasteiger partial charge in [0.25, 0.3) is 0 Å². The number of aryl methyl sites for hydroxylation is 1. The van der Waals surface area contributed by atoms with Crippen molar-refractivity contribution < 1.29 is 5.11 Å². The van der Waals surface area contributed by atoms with E-state index in [4.69, 9.17) is 0 Å². The third kappa shape index (κ3) is 2.36. The number of piperidine rings is 1. The van der Waals surface area contributed by atoms with Crippen LogP contribution in [-0.2, 0) is 13.6 Å². The van der Waals surface area contributed by atoms with Gasteiger partial charge in [0.05, 0.1) is 6.10 Å². The lowest BCUT2D eigenvalue weighted by Gasteiger charge is -2.29. The van der Waals surface area contributed by atoms with Crippen LogP contribution in [0.25, 0.3) is 0 Å². The van der Waals surface area contributed by atoms with Crippen LogP contribution in [0.4, 0.5) is 0 Å². The van der Waals surface area contributed by atoms with Crippen LogP contribution in [0.3, 0.4) is 0 Å². The molecule has 1 aromatic heterocycles. The Morgan fingerprint density at radius 2 is 2.14 bits per heavy atom. The summed E-state index contributed by atoms with van der Waals surface area (Å²) in [5.41, 5.74) is 1.36. The topological polar surface area (TPSA) is 28.4 Å². The van der Waals surface area contributed by atoms with E-state index in [-0.39, 0.29) is 6.10 Å². The van der Waals surface area contributed by atoms with Crippen molar-refractivity contribution in [1.82, 2.24) is 9.47 Å². The summed E-state index contributed by atoms with van der Waals surface area (Å²) in [5.74, 6) is 0. The fourth-order valence-electron chi connectivity index (χ4n) is 1.99. The Morgan fingerprint density at radius 1 is 1.43 bits per heavy atom. The maximum absolute atomic E-state index is 9.37. The molecule has 0 atom stereocenters. The van der Waals surface area contributed by atoms with E-state index in [1.807, 2.05) is 7.05 Å². The van der Waals surface area contributed by atoms with Crippen LogP contribution in [0.2, 0.25) is 0 Å². The van der Waals surface area contributed by atoms with Gasteiger partial charge in [-0.25, -0.2) is 0 Å². The molecule has 3 heteroatoms. The van der Waals surface area contributed by atoms with Gasteiger partial charge in [0.1, 0.15) is 0 Å². The number of hydrogen-bond acceptors (Lipinski definition) is 2. The van der Waals surface area contributed by atoms with Crippen molar-refractivity contribution in [3.63, 3.8) is 0 Å². The summed E-state index contributed by atoms with van der Waals surface area (Å²) in [6.45, 7) is 3.07. The van der Waals surface area contributed by atoms with Crippen LogP contribution in [0, 0.1) is 0 Å². The van der Waals surface area contributed by atoms with E-state index < -0.39 is 0 Å². The Bertz CT molecular complexity index is 287. The van der Waals surface area contributed by atoms with E-state index >= 15 is 0 Å². The number of nitrogens with zero attached hydrogens (tertiary/aromatic N) is 2. The molecule has 0 radical (unpaired) electrons. The van der Waals surface area contributed by atoms with Crippen LogP contribution in [0.1, 0.15) is 18.4 Å². The van der Waals surface area contributed by atoms with Crippen molar-refractivity contribution in [1.29, 1.82) is 0 Å². The molecule has 0 amide bonds. The van der Waals surface area contributed by atoms with Crippen LogP contribution in [-0.4, -0.2) is 33.8 Å². The maximum atomic E-state index is 9.37. The molecule has 0 spiro atoms. The largest absolute Gasteiger partial charge is 0.393 e. The van der Waals surface area contributed by atoms with Gasteiger partial charge in [-0.2, -0.15) is 0 Å². The van der Waals surface area contributed by atoms with E-state index in [0.29, 0.717) is 0 Å². The molecule has 0 bridgehead atoms. The van der Waals surface area contributed by atoms with Gasteiger partial charge in [0, 0.05) is 39.1 Å². The highest BCUT2D eigenvalue weighted by molar-refractivity contribution is 5.09. The molecule has 78 valence electrons. The average molecular weight is 194 g/mol. The molecular weight excluding hydrogens is 176 g/mol. The number of aliphatic hydroxyl groups is 1. The molecule has 1 fully saturated rings. The summed E-state index contributed by atoms with van der Waals surface area (Å²) in [6.07, 6.45) is 6.01. The van der Waals surface area contributed by atoms with Crippen LogP contribution < -0.4 is 0 Å².